The van der Waals surface area contributed by atoms with E-state index in [2.05, 4.69) is 43.3 Å². The van der Waals surface area contributed by atoms with Gasteiger partial charge in [0.25, 0.3) is 5.91 Å². The first-order valence-corrected chi connectivity index (χ1v) is 6.83. The Morgan fingerprint density at radius 1 is 1.00 bits per heavy atom. The number of hydrogen-bond acceptors (Lipinski definition) is 1. The first-order chi connectivity index (χ1) is 9.58. The molecule has 0 aliphatic rings. The van der Waals surface area contributed by atoms with Crippen LogP contribution in [-0.4, -0.2) is 11.9 Å². The van der Waals surface area contributed by atoms with Gasteiger partial charge in [0.1, 0.15) is 6.04 Å². The largest absolute Gasteiger partial charge is 0.365 e. The summed E-state index contributed by atoms with van der Waals surface area (Å²) in [6, 6.07) is 18.4. The average Bonchev–Trinajstić information content (AvgIpc) is 2.46. The highest BCUT2D eigenvalue weighted by molar-refractivity contribution is 5.77. The summed E-state index contributed by atoms with van der Waals surface area (Å²) in [7, 11) is 0. The van der Waals surface area contributed by atoms with Crippen molar-refractivity contribution >= 4 is 5.91 Å². The molecule has 0 bridgehead atoms. The number of carbonyl (C=O) groups is 1. The van der Waals surface area contributed by atoms with Crippen LogP contribution in [0.2, 0.25) is 0 Å². The van der Waals surface area contributed by atoms with E-state index in [9.17, 15) is 4.79 Å². The van der Waals surface area contributed by atoms with Crippen molar-refractivity contribution in [3.8, 4) is 0 Å². The topological polar surface area (TPSA) is 59.7 Å². The van der Waals surface area contributed by atoms with Crippen LogP contribution in [0.15, 0.2) is 54.6 Å². The third kappa shape index (κ3) is 3.45. The molecule has 4 N–H and O–H groups in total. The third-order valence-electron chi connectivity index (χ3n) is 3.53. The van der Waals surface area contributed by atoms with E-state index in [1.807, 2.05) is 30.4 Å². The van der Waals surface area contributed by atoms with Gasteiger partial charge in [0.15, 0.2) is 6.04 Å². The highest BCUT2D eigenvalue weighted by Crippen LogP contribution is 2.18. The number of carbonyl (C=O) groups excluding carboxylic acids is 1. The second-order valence-electron chi connectivity index (χ2n) is 5.18. The van der Waals surface area contributed by atoms with Crippen molar-refractivity contribution in [1.29, 1.82) is 0 Å². The smallest absolute Gasteiger partial charge is 0.275 e. The molecule has 20 heavy (non-hydrogen) atoms. The Hall–Kier alpha value is -2.13. The van der Waals surface area contributed by atoms with Crippen LogP contribution in [0.4, 0.5) is 0 Å². The number of benzene rings is 2. The van der Waals surface area contributed by atoms with Crippen molar-refractivity contribution in [3.63, 3.8) is 0 Å². The predicted octanol–water partition coefficient (Wildman–Crippen LogP) is 1.52. The zero-order valence-electron chi connectivity index (χ0n) is 11.9. The van der Waals surface area contributed by atoms with Crippen molar-refractivity contribution in [2.75, 3.05) is 0 Å². The van der Waals surface area contributed by atoms with Gasteiger partial charge in [-0.25, -0.2) is 0 Å². The van der Waals surface area contributed by atoms with Gasteiger partial charge in [-0.1, -0.05) is 60.2 Å². The average molecular weight is 269 g/mol. The molecule has 3 heteroatoms. The van der Waals surface area contributed by atoms with E-state index in [0.717, 1.165) is 0 Å². The van der Waals surface area contributed by atoms with Crippen LogP contribution < -0.4 is 11.1 Å². The van der Waals surface area contributed by atoms with Crippen LogP contribution in [0.1, 0.15) is 29.7 Å². The molecule has 0 heterocycles. The molecule has 0 aliphatic carbocycles. The van der Waals surface area contributed by atoms with Gasteiger partial charge < -0.3 is 11.1 Å². The number of amides is 1. The number of nitrogens with two attached hydrogens (primary N) is 2. The number of hydrogen-bond donors (Lipinski definition) is 2. The summed E-state index contributed by atoms with van der Waals surface area (Å²) < 4.78 is 0. The maximum absolute atomic E-state index is 11.3. The molecule has 104 valence electrons. The summed E-state index contributed by atoms with van der Waals surface area (Å²) in [5.41, 5.74) is 8.97. The van der Waals surface area contributed by atoms with Crippen molar-refractivity contribution < 1.29 is 10.1 Å². The Morgan fingerprint density at radius 2 is 1.55 bits per heavy atom. The first-order valence-electron chi connectivity index (χ1n) is 6.83. The van der Waals surface area contributed by atoms with Gasteiger partial charge in [-0.2, -0.15) is 0 Å². The minimum Gasteiger partial charge on any atom is -0.365 e. The highest BCUT2D eigenvalue weighted by atomic mass is 16.1. The van der Waals surface area contributed by atoms with Gasteiger partial charge in [-0.3, -0.25) is 4.79 Å². The molecule has 0 aliphatic heterocycles. The standard InChI is InChI=1S/C17H20N2O/c1-12-8-10-15(11-9-12)16(19-13(2)17(18)20)14-6-4-3-5-7-14/h3-11,13,16,19H,1-2H3,(H2,18,20)/p+1/t13-,16+/m1/s1. The SMILES string of the molecule is Cc1ccc([C@@H]([NH2+][C@H](C)C(N)=O)c2ccccc2)cc1. The van der Waals surface area contributed by atoms with E-state index in [-0.39, 0.29) is 18.0 Å². The van der Waals surface area contributed by atoms with Crippen LogP contribution in [0, 0.1) is 6.92 Å². The zero-order chi connectivity index (χ0) is 14.5. The molecule has 2 rings (SSSR count). The van der Waals surface area contributed by atoms with E-state index in [0.29, 0.717) is 0 Å². The lowest BCUT2D eigenvalue weighted by Crippen LogP contribution is -2.92. The van der Waals surface area contributed by atoms with E-state index >= 15 is 0 Å². The minimum absolute atomic E-state index is 0.0827. The van der Waals surface area contributed by atoms with Crippen molar-refractivity contribution in [2.45, 2.75) is 25.9 Å². The maximum Gasteiger partial charge on any atom is 0.275 e. The molecule has 2 atom stereocenters. The summed E-state index contributed by atoms with van der Waals surface area (Å²) in [6.45, 7) is 3.91. The lowest BCUT2D eigenvalue weighted by Gasteiger charge is -2.19. The van der Waals surface area contributed by atoms with Crippen LogP contribution >= 0.6 is 0 Å². The maximum atomic E-state index is 11.3. The second kappa shape index (κ2) is 6.35. The minimum atomic E-state index is -0.293. The molecule has 0 fully saturated rings. The van der Waals surface area contributed by atoms with E-state index in [4.69, 9.17) is 5.73 Å². The van der Waals surface area contributed by atoms with Gasteiger partial charge in [-0.05, 0) is 13.8 Å². The fraction of sp³-hybridized carbons (Fsp3) is 0.235. The molecule has 0 aromatic heterocycles. The van der Waals surface area contributed by atoms with Gasteiger partial charge in [0.2, 0.25) is 0 Å². The summed E-state index contributed by atoms with van der Waals surface area (Å²) >= 11 is 0. The Balaban J connectivity index is 2.34. The number of quaternary nitrogens is 1. The monoisotopic (exact) mass is 269 g/mol. The van der Waals surface area contributed by atoms with Crippen LogP contribution in [0.25, 0.3) is 0 Å². The van der Waals surface area contributed by atoms with Crippen molar-refractivity contribution in [2.24, 2.45) is 5.73 Å². The van der Waals surface area contributed by atoms with Crippen LogP contribution in [0.5, 0.6) is 0 Å². The summed E-state index contributed by atoms with van der Waals surface area (Å²) in [5.74, 6) is -0.293. The lowest BCUT2D eigenvalue weighted by molar-refractivity contribution is -0.704. The molecular weight excluding hydrogens is 248 g/mol. The fourth-order valence-corrected chi connectivity index (χ4v) is 2.23. The van der Waals surface area contributed by atoms with Crippen LogP contribution in [0.3, 0.4) is 0 Å². The Morgan fingerprint density at radius 3 is 2.10 bits per heavy atom. The van der Waals surface area contributed by atoms with Gasteiger partial charge in [0.05, 0.1) is 0 Å². The first kappa shape index (κ1) is 14.3. The molecular formula is C17H21N2O+. The molecule has 2 aromatic rings. The van der Waals surface area contributed by atoms with Gasteiger partial charge >= 0.3 is 0 Å². The van der Waals surface area contributed by atoms with Crippen LogP contribution in [-0.2, 0) is 4.79 Å². The third-order valence-corrected chi connectivity index (χ3v) is 3.53. The van der Waals surface area contributed by atoms with E-state index < -0.39 is 0 Å². The number of aryl methyl sites for hydroxylation is 1. The predicted molar refractivity (Wildman–Crippen MR) is 80.0 cm³/mol. The van der Waals surface area contributed by atoms with Gasteiger partial charge in [-0.15, -0.1) is 0 Å². The van der Waals surface area contributed by atoms with Crippen molar-refractivity contribution in [3.05, 3.63) is 71.3 Å². The summed E-state index contributed by atoms with van der Waals surface area (Å²) in [5, 5.41) is 2.02. The number of rotatable bonds is 5. The molecule has 3 nitrogen and oxygen atoms in total. The summed E-state index contributed by atoms with van der Waals surface area (Å²) in [4.78, 5) is 11.3. The molecule has 0 saturated carbocycles. The molecule has 0 spiro atoms. The normalized spacial score (nSPS) is 13.7. The van der Waals surface area contributed by atoms with E-state index in [1.54, 1.807) is 0 Å². The molecule has 2 aromatic carbocycles. The second-order valence-corrected chi connectivity index (χ2v) is 5.18. The molecule has 0 unspecified atom stereocenters. The molecule has 1 amide bonds. The number of primary amides is 1. The molecule has 0 radical (unpaired) electrons. The van der Waals surface area contributed by atoms with E-state index in [1.165, 1.54) is 16.7 Å². The lowest BCUT2D eigenvalue weighted by atomic mass is 9.97. The quantitative estimate of drug-likeness (QED) is 0.849. The molecule has 0 saturated heterocycles. The van der Waals surface area contributed by atoms with Crippen molar-refractivity contribution in [1.82, 2.24) is 0 Å². The Bertz CT molecular complexity index is 563. The highest BCUT2D eigenvalue weighted by Gasteiger charge is 2.22. The summed E-state index contributed by atoms with van der Waals surface area (Å²) in [6.07, 6.45) is 0. The zero-order valence-corrected chi connectivity index (χ0v) is 11.9. The Kier molecular flexibility index (Phi) is 4.53. The Labute approximate surface area is 119 Å². The fourth-order valence-electron chi connectivity index (χ4n) is 2.23. The van der Waals surface area contributed by atoms with Gasteiger partial charge in [0, 0.05) is 11.1 Å².